The van der Waals surface area contributed by atoms with Gasteiger partial charge >= 0.3 is 0 Å². The van der Waals surface area contributed by atoms with E-state index in [0.717, 1.165) is 36.4 Å². The molecule has 0 saturated carbocycles. The van der Waals surface area contributed by atoms with Crippen molar-refractivity contribution in [3.8, 4) is 5.75 Å². The summed E-state index contributed by atoms with van der Waals surface area (Å²) in [6, 6.07) is 5.82. The number of methoxy groups -OCH3 is 1. The zero-order chi connectivity index (χ0) is 14.1. The number of ether oxygens (including phenoxy) is 2. The monoisotopic (exact) mass is 267 g/mol. The van der Waals surface area contributed by atoms with Crippen LogP contribution in [0, 0.1) is 6.92 Å². The second-order valence-electron chi connectivity index (χ2n) is 4.64. The maximum Gasteiger partial charge on any atom is 0.119 e. The van der Waals surface area contributed by atoms with E-state index in [-0.39, 0.29) is 0 Å². The summed E-state index contributed by atoms with van der Waals surface area (Å²) < 4.78 is 10.5. The van der Waals surface area contributed by atoms with Crippen LogP contribution in [-0.2, 0) is 4.74 Å². The highest BCUT2D eigenvalue weighted by Gasteiger charge is 2.06. The lowest BCUT2D eigenvalue weighted by atomic mass is 10.2. The van der Waals surface area contributed by atoms with Gasteiger partial charge in [-0.3, -0.25) is 0 Å². The van der Waals surface area contributed by atoms with Crippen LogP contribution in [0.1, 0.15) is 25.3 Å². The van der Waals surface area contributed by atoms with Gasteiger partial charge in [0.25, 0.3) is 0 Å². The molecule has 0 aromatic heterocycles. The highest BCUT2D eigenvalue weighted by molar-refractivity contribution is 5.53. The number of unbranched alkanes of at least 4 members (excludes halogenated alkanes) is 1. The van der Waals surface area contributed by atoms with Gasteiger partial charge in [0.1, 0.15) is 5.75 Å². The maximum atomic E-state index is 9.79. The molecular formula is C15H25NO3. The molecule has 19 heavy (non-hydrogen) atoms. The van der Waals surface area contributed by atoms with Crippen molar-refractivity contribution in [1.29, 1.82) is 0 Å². The van der Waals surface area contributed by atoms with Crippen LogP contribution in [0.25, 0.3) is 0 Å². The van der Waals surface area contributed by atoms with Gasteiger partial charge in [-0.2, -0.15) is 0 Å². The quantitative estimate of drug-likeness (QED) is 0.675. The molecule has 2 N–H and O–H groups in total. The number of aliphatic hydroxyl groups excluding tert-OH is 1. The van der Waals surface area contributed by atoms with Crippen molar-refractivity contribution in [3.05, 3.63) is 23.8 Å². The van der Waals surface area contributed by atoms with E-state index in [9.17, 15) is 5.11 Å². The maximum absolute atomic E-state index is 9.79. The van der Waals surface area contributed by atoms with E-state index in [1.807, 2.05) is 25.1 Å². The number of aryl methyl sites for hydroxylation is 1. The summed E-state index contributed by atoms with van der Waals surface area (Å²) in [6.45, 7) is 5.71. The van der Waals surface area contributed by atoms with Gasteiger partial charge < -0.3 is 19.9 Å². The average molecular weight is 267 g/mol. The van der Waals surface area contributed by atoms with E-state index in [1.54, 1.807) is 7.11 Å². The Morgan fingerprint density at radius 2 is 2.16 bits per heavy atom. The Morgan fingerprint density at radius 1 is 1.37 bits per heavy atom. The lowest BCUT2D eigenvalue weighted by Gasteiger charge is -2.15. The number of aliphatic hydroxyl groups is 1. The number of rotatable bonds is 9. The van der Waals surface area contributed by atoms with E-state index in [4.69, 9.17) is 9.47 Å². The predicted molar refractivity (Wildman–Crippen MR) is 78.0 cm³/mol. The smallest absolute Gasteiger partial charge is 0.119 e. The van der Waals surface area contributed by atoms with Gasteiger partial charge in [0.15, 0.2) is 0 Å². The van der Waals surface area contributed by atoms with E-state index in [0.29, 0.717) is 13.2 Å². The van der Waals surface area contributed by atoms with Crippen LogP contribution in [-0.4, -0.2) is 38.1 Å². The van der Waals surface area contributed by atoms with Crippen LogP contribution in [0.15, 0.2) is 18.2 Å². The number of hydrogen-bond donors (Lipinski definition) is 2. The molecule has 0 saturated heterocycles. The molecule has 0 spiro atoms. The molecule has 0 aliphatic heterocycles. The molecule has 0 radical (unpaired) electrons. The molecule has 0 aliphatic carbocycles. The van der Waals surface area contributed by atoms with Crippen LogP contribution in [0.4, 0.5) is 5.69 Å². The van der Waals surface area contributed by atoms with Crippen molar-refractivity contribution in [3.63, 3.8) is 0 Å². The third-order valence-electron chi connectivity index (χ3n) is 2.91. The summed E-state index contributed by atoms with van der Waals surface area (Å²) in [5.74, 6) is 0.839. The van der Waals surface area contributed by atoms with E-state index in [1.165, 1.54) is 0 Å². The molecule has 0 heterocycles. The van der Waals surface area contributed by atoms with Crippen molar-refractivity contribution in [2.75, 3.05) is 32.2 Å². The predicted octanol–water partition coefficient (Wildman–Crippen LogP) is 2.59. The molecule has 1 rings (SSSR count). The molecule has 0 aliphatic rings. The second-order valence-corrected chi connectivity index (χ2v) is 4.64. The fourth-order valence-electron chi connectivity index (χ4n) is 1.71. The van der Waals surface area contributed by atoms with Crippen LogP contribution in [0.2, 0.25) is 0 Å². The van der Waals surface area contributed by atoms with E-state index < -0.39 is 6.10 Å². The van der Waals surface area contributed by atoms with Gasteiger partial charge in [-0.15, -0.1) is 0 Å². The van der Waals surface area contributed by atoms with Crippen molar-refractivity contribution in [2.24, 2.45) is 0 Å². The normalized spacial score (nSPS) is 12.2. The molecule has 1 aromatic rings. The Hall–Kier alpha value is -1.26. The Bertz CT molecular complexity index is 368. The molecule has 0 amide bonds. The van der Waals surface area contributed by atoms with Gasteiger partial charge in [0.2, 0.25) is 0 Å². The summed E-state index contributed by atoms with van der Waals surface area (Å²) in [7, 11) is 1.65. The minimum absolute atomic E-state index is 0.377. The first-order valence-electron chi connectivity index (χ1n) is 6.81. The fourth-order valence-corrected chi connectivity index (χ4v) is 1.71. The van der Waals surface area contributed by atoms with Crippen LogP contribution in [0.3, 0.4) is 0 Å². The molecule has 0 bridgehead atoms. The third-order valence-corrected chi connectivity index (χ3v) is 2.91. The Kier molecular flexibility index (Phi) is 7.30. The Labute approximate surface area is 115 Å². The molecular weight excluding hydrogens is 242 g/mol. The summed E-state index contributed by atoms with van der Waals surface area (Å²) in [5, 5.41) is 13.0. The van der Waals surface area contributed by atoms with Crippen LogP contribution >= 0.6 is 0 Å². The van der Waals surface area contributed by atoms with Crippen LogP contribution in [0.5, 0.6) is 5.75 Å². The first kappa shape index (κ1) is 15.8. The van der Waals surface area contributed by atoms with Crippen molar-refractivity contribution < 1.29 is 14.6 Å². The molecule has 4 heteroatoms. The van der Waals surface area contributed by atoms with Crippen molar-refractivity contribution >= 4 is 5.69 Å². The highest BCUT2D eigenvalue weighted by atomic mass is 16.5. The summed E-state index contributed by atoms with van der Waals surface area (Å²) in [6.07, 6.45) is 1.66. The minimum Gasteiger partial charge on any atom is -0.497 e. The standard InChI is InChI=1S/C15H25NO3/c1-4-5-8-19-11-13(17)10-16-15-7-6-14(18-3)9-12(15)2/h6-7,9,13,16-17H,4-5,8,10-11H2,1-3H3. The van der Waals surface area contributed by atoms with Gasteiger partial charge in [-0.25, -0.2) is 0 Å². The molecule has 0 fully saturated rings. The Morgan fingerprint density at radius 3 is 2.79 bits per heavy atom. The van der Waals surface area contributed by atoms with Gasteiger partial charge in [-0.1, -0.05) is 13.3 Å². The zero-order valence-corrected chi connectivity index (χ0v) is 12.1. The second kappa shape index (κ2) is 8.77. The third kappa shape index (κ3) is 5.94. The number of benzene rings is 1. The van der Waals surface area contributed by atoms with Gasteiger partial charge in [0.05, 0.1) is 19.8 Å². The average Bonchev–Trinajstić information content (AvgIpc) is 2.42. The molecule has 1 aromatic carbocycles. The van der Waals surface area contributed by atoms with Crippen molar-refractivity contribution in [1.82, 2.24) is 0 Å². The number of hydrogen-bond acceptors (Lipinski definition) is 4. The van der Waals surface area contributed by atoms with Gasteiger partial charge in [-0.05, 0) is 37.1 Å². The van der Waals surface area contributed by atoms with Crippen LogP contribution < -0.4 is 10.1 Å². The first-order chi connectivity index (χ1) is 9.17. The van der Waals surface area contributed by atoms with E-state index in [2.05, 4.69) is 12.2 Å². The fraction of sp³-hybridized carbons (Fsp3) is 0.600. The number of anilines is 1. The lowest BCUT2D eigenvalue weighted by molar-refractivity contribution is 0.0421. The summed E-state index contributed by atoms with van der Waals surface area (Å²) in [5.41, 5.74) is 2.10. The highest BCUT2D eigenvalue weighted by Crippen LogP contribution is 2.20. The number of nitrogens with one attached hydrogen (secondary N) is 1. The van der Waals surface area contributed by atoms with Crippen molar-refractivity contribution in [2.45, 2.75) is 32.8 Å². The SMILES string of the molecule is CCCCOCC(O)CNc1ccc(OC)cc1C. The minimum atomic E-state index is -0.488. The molecule has 4 nitrogen and oxygen atoms in total. The molecule has 1 atom stereocenters. The molecule has 1 unspecified atom stereocenters. The lowest BCUT2D eigenvalue weighted by Crippen LogP contribution is -2.25. The van der Waals surface area contributed by atoms with E-state index >= 15 is 0 Å². The van der Waals surface area contributed by atoms with Gasteiger partial charge in [0, 0.05) is 18.8 Å². The zero-order valence-electron chi connectivity index (χ0n) is 12.1. The topological polar surface area (TPSA) is 50.7 Å². The Balaban J connectivity index is 2.31. The summed E-state index contributed by atoms with van der Waals surface area (Å²) >= 11 is 0. The summed E-state index contributed by atoms with van der Waals surface area (Å²) in [4.78, 5) is 0. The molecule has 108 valence electrons. The largest absolute Gasteiger partial charge is 0.497 e. The first-order valence-corrected chi connectivity index (χ1v) is 6.81.